The van der Waals surface area contributed by atoms with Crippen molar-refractivity contribution in [1.82, 2.24) is 10.2 Å². The lowest BCUT2D eigenvalue weighted by molar-refractivity contribution is -0.137. The van der Waals surface area contributed by atoms with Crippen molar-refractivity contribution in [2.45, 2.75) is 32.4 Å². The summed E-state index contributed by atoms with van der Waals surface area (Å²) < 4.78 is 5.61. The highest BCUT2D eigenvalue weighted by molar-refractivity contribution is 5.75. The first-order valence-corrected chi connectivity index (χ1v) is 7.04. The number of hydrogen-bond acceptors (Lipinski definition) is 3. The van der Waals surface area contributed by atoms with Gasteiger partial charge in [0, 0.05) is 18.0 Å². The van der Waals surface area contributed by atoms with Gasteiger partial charge in [0.2, 0.25) is 0 Å². The Morgan fingerprint density at radius 2 is 2.19 bits per heavy atom. The van der Waals surface area contributed by atoms with E-state index >= 15 is 0 Å². The quantitative estimate of drug-likeness (QED) is 0.887. The van der Waals surface area contributed by atoms with Crippen LogP contribution in [-0.4, -0.2) is 41.2 Å². The van der Waals surface area contributed by atoms with Crippen molar-refractivity contribution in [2.24, 2.45) is 0 Å². The number of aliphatic carboxylic acids is 1. The summed E-state index contributed by atoms with van der Waals surface area (Å²) in [6, 6.07) is 7.30. The number of carbonyl (C=O) groups excluding carboxylic acids is 1. The number of hydrogen-bond donors (Lipinski definition) is 2. The van der Waals surface area contributed by atoms with Crippen LogP contribution in [0, 0.1) is 0 Å². The molecule has 2 rings (SSSR count). The molecule has 0 bridgehead atoms. The number of ether oxygens (including phenoxy) is 1. The molecular formula is C15H20N2O4. The number of carboxylic acid groups (broad SMARTS) is 1. The van der Waals surface area contributed by atoms with E-state index in [0.29, 0.717) is 26.1 Å². The third-order valence-electron chi connectivity index (χ3n) is 3.40. The highest BCUT2D eigenvalue weighted by Gasteiger charge is 2.20. The number of carboxylic acids is 1. The average Bonchev–Trinajstić information content (AvgIpc) is 2.67. The molecule has 0 fully saturated rings. The summed E-state index contributed by atoms with van der Waals surface area (Å²) >= 11 is 0. The van der Waals surface area contributed by atoms with Crippen molar-refractivity contribution in [3.8, 4) is 5.75 Å². The first kappa shape index (κ1) is 15.2. The standard InChI is InChI=1S/C15H20N2O4/c1-11(6-7-14(18)19)16-15(20)17-8-9-21-13-5-3-2-4-12(13)10-17/h2-5,11H,6-10H2,1H3,(H,16,20)(H,18,19). The Hall–Kier alpha value is -2.24. The third-order valence-corrected chi connectivity index (χ3v) is 3.40. The average molecular weight is 292 g/mol. The molecule has 1 aromatic rings. The maximum absolute atomic E-state index is 12.2. The van der Waals surface area contributed by atoms with E-state index in [1.54, 1.807) is 4.90 Å². The molecule has 1 aliphatic rings. The summed E-state index contributed by atoms with van der Waals surface area (Å²) in [5.41, 5.74) is 0.975. The molecule has 2 amide bonds. The van der Waals surface area contributed by atoms with Crippen LogP contribution in [0.15, 0.2) is 24.3 Å². The van der Waals surface area contributed by atoms with Gasteiger partial charge in [-0.15, -0.1) is 0 Å². The van der Waals surface area contributed by atoms with Crippen molar-refractivity contribution in [2.75, 3.05) is 13.2 Å². The normalized spacial score (nSPS) is 15.4. The summed E-state index contributed by atoms with van der Waals surface area (Å²) in [6.07, 6.45) is 0.468. The van der Waals surface area contributed by atoms with Gasteiger partial charge < -0.3 is 20.1 Å². The Morgan fingerprint density at radius 3 is 2.95 bits per heavy atom. The lowest BCUT2D eigenvalue weighted by atomic mass is 10.2. The Kier molecular flexibility index (Phi) is 5.03. The highest BCUT2D eigenvalue weighted by Crippen LogP contribution is 2.22. The molecular weight excluding hydrogens is 272 g/mol. The molecule has 0 saturated heterocycles. The van der Waals surface area contributed by atoms with Gasteiger partial charge in [-0.25, -0.2) is 4.79 Å². The molecule has 114 valence electrons. The molecule has 2 N–H and O–H groups in total. The molecule has 0 radical (unpaired) electrons. The van der Waals surface area contributed by atoms with Crippen molar-refractivity contribution in [1.29, 1.82) is 0 Å². The fourth-order valence-corrected chi connectivity index (χ4v) is 2.21. The Morgan fingerprint density at radius 1 is 1.43 bits per heavy atom. The highest BCUT2D eigenvalue weighted by atomic mass is 16.5. The van der Waals surface area contributed by atoms with Crippen LogP contribution in [0.1, 0.15) is 25.3 Å². The number of amides is 2. The van der Waals surface area contributed by atoms with Crippen LogP contribution in [0.25, 0.3) is 0 Å². The summed E-state index contributed by atoms with van der Waals surface area (Å²) in [5.74, 6) is -0.0417. The van der Waals surface area contributed by atoms with Gasteiger partial charge in [-0.05, 0) is 19.4 Å². The van der Waals surface area contributed by atoms with E-state index in [2.05, 4.69) is 5.32 Å². The fraction of sp³-hybridized carbons (Fsp3) is 0.467. The van der Waals surface area contributed by atoms with Gasteiger partial charge in [0.05, 0.1) is 13.1 Å². The first-order valence-electron chi connectivity index (χ1n) is 7.04. The number of benzene rings is 1. The van der Waals surface area contributed by atoms with Gasteiger partial charge in [0.25, 0.3) is 0 Å². The van der Waals surface area contributed by atoms with Crippen LogP contribution >= 0.6 is 0 Å². The van der Waals surface area contributed by atoms with Crippen molar-refractivity contribution in [3.05, 3.63) is 29.8 Å². The molecule has 1 heterocycles. The minimum absolute atomic E-state index is 0.0490. The zero-order chi connectivity index (χ0) is 15.2. The second kappa shape index (κ2) is 6.97. The Bertz CT molecular complexity index is 518. The summed E-state index contributed by atoms with van der Waals surface area (Å²) in [5, 5.41) is 11.5. The fourth-order valence-electron chi connectivity index (χ4n) is 2.21. The number of rotatable bonds is 4. The number of carbonyl (C=O) groups is 2. The number of urea groups is 1. The maximum atomic E-state index is 12.2. The summed E-state index contributed by atoms with van der Waals surface area (Å²) in [4.78, 5) is 24.4. The molecule has 0 aromatic heterocycles. The second-order valence-electron chi connectivity index (χ2n) is 5.16. The SMILES string of the molecule is CC(CCC(=O)O)NC(=O)N1CCOc2ccccc2C1. The molecule has 0 aliphatic carbocycles. The van der Waals surface area contributed by atoms with Gasteiger partial charge in [0.15, 0.2) is 0 Å². The monoisotopic (exact) mass is 292 g/mol. The zero-order valence-corrected chi connectivity index (χ0v) is 12.0. The van der Waals surface area contributed by atoms with Gasteiger partial charge in [0.1, 0.15) is 12.4 Å². The van der Waals surface area contributed by atoms with E-state index in [1.807, 2.05) is 31.2 Å². The smallest absolute Gasteiger partial charge is 0.318 e. The molecule has 21 heavy (non-hydrogen) atoms. The molecule has 1 unspecified atom stereocenters. The molecule has 6 heteroatoms. The Labute approximate surface area is 123 Å². The third kappa shape index (κ3) is 4.37. The minimum Gasteiger partial charge on any atom is -0.491 e. The first-order chi connectivity index (χ1) is 10.1. The van der Waals surface area contributed by atoms with Crippen LogP contribution in [-0.2, 0) is 11.3 Å². The minimum atomic E-state index is -0.854. The van der Waals surface area contributed by atoms with E-state index in [4.69, 9.17) is 9.84 Å². The van der Waals surface area contributed by atoms with Gasteiger partial charge in [-0.2, -0.15) is 0 Å². The van der Waals surface area contributed by atoms with Crippen molar-refractivity contribution in [3.63, 3.8) is 0 Å². The van der Waals surface area contributed by atoms with Crippen LogP contribution in [0.5, 0.6) is 5.75 Å². The Balaban J connectivity index is 1.92. The predicted molar refractivity (Wildman–Crippen MR) is 77.2 cm³/mol. The van der Waals surface area contributed by atoms with Crippen LogP contribution < -0.4 is 10.1 Å². The lowest BCUT2D eigenvalue weighted by Gasteiger charge is -2.23. The van der Waals surface area contributed by atoms with Crippen LogP contribution in [0.3, 0.4) is 0 Å². The van der Waals surface area contributed by atoms with E-state index in [9.17, 15) is 9.59 Å². The summed E-state index contributed by atoms with van der Waals surface area (Å²) in [6.45, 7) is 3.26. The zero-order valence-electron chi connectivity index (χ0n) is 12.0. The molecule has 1 atom stereocenters. The van der Waals surface area contributed by atoms with E-state index in [-0.39, 0.29) is 18.5 Å². The van der Waals surface area contributed by atoms with Crippen LogP contribution in [0.4, 0.5) is 4.79 Å². The molecule has 0 saturated carbocycles. The van der Waals surface area contributed by atoms with Crippen molar-refractivity contribution >= 4 is 12.0 Å². The maximum Gasteiger partial charge on any atom is 0.318 e. The molecule has 1 aliphatic heterocycles. The van der Waals surface area contributed by atoms with Crippen molar-refractivity contribution < 1.29 is 19.4 Å². The van der Waals surface area contributed by atoms with E-state index < -0.39 is 5.97 Å². The molecule has 1 aromatic carbocycles. The number of nitrogens with zero attached hydrogens (tertiary/aromatic N) is 1. The van der Waals surface area contributed by atoms with Gasteiger partial charge in [-0.1, -0.05) is 18.2 Å². The van der Waals surface area contributed by atoms with Gasteiger partial charge >= 0.3 is 12.0 Å². The van der Waals surface area contributed by atoms with Gasteiger partial charge in [-0.3, -0.25) is 4.79 Å². The molecule has 0 spiro atoms. The second-order valence-corrected chi connectivity index (χ2v) is 5.16. The van der Waals surface area contributed by atoms with E-state index in [0.717, 1.165) is 11.3 Å². The number of fused-ring (bicyclic) bond motifs is 1. The predicted octanol–water partition coefficient (Wildman–Crippen LogP) is 1.84. The van der Waals surface area contributed by atoms with Crippen LogP contribution in [0.2, 0.25) is 0 Å². The summed E-state index contributed by atoms with van der Waals surface area (Å²) in [7, 11) is 0. The molecule has 6 nitrogen and oxygen atoms in total. The largest absolute Gasteiger partial charge is 0.491 e. The lowest BCUT2D eigenvalue weighted by Crippen LogP contribution is -2.44. The topological polar surface area (TPSA) is 78.9 Å². The number of para-hydroxylation sites is 1. The van der Waals surface area contributed by atoms with E-state index in [1.165, 1.54) is 0 Å². The number of nitrogens with one attached hydrogen (secondary N) is 1.